The van der Waals surface area contributed by atoms with Crippen LogP contribution in [0.5, 0.6) is 0 Å². The second-order valence-corrected chi connectivity index (χ2v) is 4.99. The molecule has 0 bridgehead atoms. The summed E-state index contributed by atoms with van der Waals surface area (Å²) in [7, 11) is 1.72. The van der Waals surface area contributed by atoms with Crippen LogP contribution in [-0.4, -0.2) is 65.0 Å². The van der Waals surface area contributed by atoms with E-state index in [0.717, 1.165) is 19.6 Å². The quantitative estimate of drug-likeness (QED) is 0.867. The van der Waals surface area contributed by atoms with Gasteiger partial charge < -0.3 is 14.9 Å². The van der Waals surface area contributed by atoms with E-state index in [1.807, 2.05) is 0 Å². The monoisotopic (exact) mass is 277 g/mol. The Labute approximate surface area is 118 Å². The van der Waals surface area contributed by atoms with Gasteiger partial charge in [0, 0.05) is 20.1 Å². The second kappa shape index (κ2) is 6.47. The first-order chi connectivity index (χ1) is 9.58. The number of nitrogens with zero attached hydrogens (tertiary/aromatic N) is 3. The van der Waals surface area contributed by atoms with Crippen molar-refractivity contribution in [2.45, 2.75) is 12.8 Å². The number of carboxylic acid groups (broad SMARTS) is 1. The van der Waals surface area contributed by atoms with Crippen LogP contribution in [0.25, 0.3) is 0 Å². The summed E-state index contributed by atoms with van der Waals surface area (Å²) in [5, 5.41) is 8.88. The van der Waals surface area contributed by atoms with Gasteiger partial charge in [-0.15, -0.1) is 0 Å². The van der Waals surface area contributed by atoms with E-state index in [9.17, 15) is 9.59 Å². The normalized spacial score (nSPS) is 15.2. The van der Waals surface area contributed by atoms with Crippen molar-refractivity contribution in [3.05, 3.63) is 29.6 Å². The second-order valence-electron chi connectivity index (χ2n) is 4.99. The van der Waals surface area contributed by atoms with Crippen LogP contribution in [0, 0.1) is 0 Å². The van der Waals surface area contributed by atoms with E-state index in [2.05, 4.69) is 9.88 Å². The molecule has 1 N–H and O–H groups in total. The van der Waals surface area contributed by atoms with Crippen molar-refractivity contribution in [2.75, 3.05) is 33.2 Å². The fourth-order valence-corrected chi connectivity index (χ4v) is 2.27. The van der Waals surface area contributed by atoms with Gasteiger partial charge in [-0.2, -0.15) is 0 Å². The molecule has 0 radical (unpaired) electrons. The Hall–Kier alpha value is -1.95. The van der Waals surface area contributed by atoms with Gasteiger partial charge in [0.1, 0.15) is 11.4 Å². The zero-order chi connectivity index (χ0) is 14.5. The topological polar surface area (TPSA) is 73.7 Å². The van der Waals surface area contributed by atoms with Crippen LogP contribution in [-0.2, 0) is 0 Å². The highest BCUT2D eigenvalue weighted by Gasteiger charge is 2.17. The summed E-state index contributed by atoms with van der Waals surface area (Å²) in [6.45, 7) is 3.65. The molecule has 2 rings (SSSR count). The van der Waals surface area contributed by atoms with Gasteiger partial charge >= 0.3 is 5.97 Å². The highest BCUT2D eigenvalue weighted by molar-refractivity contribution is 5.94. The Bertz CT molecular complexity index is 498. The van der Waals surface area contributed by atoms with Gasteiger partial charge in [-0.3, -0.25) is 4.79 Å². The summed E-state index contributed by atoms with van der Waals surface area (Å²) in [6, 6.07) is 4.46. The lowest BCUT2D eigenvalue weighted by atomic mass is 10.2. The summed E-state index contributed by atoms with van der Waals surface area (Å²) in [6.07, 6.45) is 2.44. The third-order valence-electron chi connectivity index (χ3n) is 3.48. The van der Waals surface area contributed by atoms with Gasteiger partial charge in [-0.05, 0) is 38.1 Å². The van der Waals surface area contributed by atoms with E-state index < -0.39 is 5.97 Å². The zero-order valence-electron chi connectivity index (χ0n) is 11.6. The minimum atomic E-state index is -1.13. The van der Waals surface area contributed by atoms with Gasteiger partial charge in [-0.25, -0.2) is 9.78 Å². The number of amides is 1. The van der Waals surface area contributed by atoms with E-state index in [1.54, 1.807) is 18.0 Å². The molecule has 0 aliphatic carbocycles. The van der Waals surface area contributed by atoms with Crippen LogP contribution in [0.2, 0.25) is 0 Å². The number of rotatable bonds is 5. The van der Waals surface area contributed by atoms with Crippen molar-refractivity contribution in [3.8, 4) is 0 Å². The van der Waals surface area contributed by atoms with Crippen LogP contribution in [0.15, 0.2) is 18.2 Å². The summed E-state index contributed by atoms with van der Waals surface area (Å²) < 4.78 is 0. The van der Waals surface area contributed by atoms with Crippen molar-refractivity contribution in [1.29, 1.82) is 0 Å². The molecular formula is C14H19N3O3. The number of hydrogen-bond donors (Lipinski definition) is 1. The van der Waals surface area contributed by atoms with E-state index >= 15 is 0 Å². The summed E-state index contributed by atoms with van der Waals surface area (Å²) in [5.74, 6) is -1.37. The smallest absolute Gasteiger partial charge is 0.354 e. The zero-order valence-corrected chi connectivity index (χ0v) is 11.6. The number of carboxylic acids is 1. The fraction of sp³-hybridized carbons (Fsp3) is 0.500. The molecule has 0 aromatic carbocycles. The third-order valence-corrected chi connectivity index (χ3v) is 3.48. The molecule has 2 heterocycles. The molecule has 108 valence electrons. The molecule has 1 aliphatic rings. The Morgan fingerprint density at radius 2 is 1.95 bits per heavy atom. The average Bonchev–Trinajstić information content (AvgIpc) is 2.97. The summed E-state index contributed by atoms with van der Waals surface area (Å²) in [5.41, 5.74) is 0.0672. The predicted molar refractivity (Wildman–Crippen MR) is 73.8 cm³/mol. The molecule has 0 spiro atoms. The molecule has 1 aromatic heterocycles. The van der Waals surface area contributed by atoms with Crippen molar-refractivity contribution in [3.63, 3.8) is 0 Å². The van der Waals surface area contributed by atoms with E-state index in [4.69, 9.17) is 5.11 Å². The molecule has 0 saturated carbocycles. The number of carbonyl (C=O) groups excluding carboxylic acids is 1. The number of aromatic nitrogens is 1. The molecule has 20 heavy (non-hydrogen) atoms. The maximum atomic E-state index is 12.2. The third kappa shape index (κ3) is 3.54. The summed E-state index contributed by atoms with van der Waals surface area (Å²) >= 11 is 0. The van der Waals surface area contributed by atoms with E-state index in [0.29, 0.717) is 6.54 Å². The Kier molecular flexibility index (Phi) is 4.68. The highest BCUT2D eigenvalue weighted by atomic mass is 16.4. The molecule has 6 nitrogen and oxygen atoms in total. The van der Waals surface area contributed by atoms with Crippen molar-refractivity contribution < 1.29 is 14.7 Å². The van der Waals surface area contributed by atoms with Crippen LogP contribution in [0.3, 0.4) is 0 Å². The van der Waals surface area contributed by atoms with Crippen LogP contribution in [0.4, 0.5) is 0 Å². The maximum Gasteiger partial charge on any atom is 0.354 e. The lowest BCUT2D eigenvalue weighted by molar-refractivity contribution is 0.0690. The van der Waals surface area contributed by atoms with Crippen molar-refractivity contribution in [2.24, 2.45) is 0 Å². The maximum absolute atomic E-state index is 12.2. The lowest BCUT2D eigenvalue weighted by Crippen LogP contribution is -2.35. The predicted octanol–water partition coefficient (Wildman–Crippen LogP) is 0.948. The van der Waals surface area contributed by atoms with Crippen molar-refractivity contribution >= 4 is 11.9 Å². The first-order valence-corrected chi connectivity index (χ1v) is 6.76. The lowest BCUT2D eigenvalue weighted by Gasteiger charge is -2.21. The van der Waals surface area contributed by atoms with Gasteiger partial charge in [-0.1, -0.05) is 6.07 Å². The van der Waals surface area contributed by atoms with Crippen LogP contribution in [0.1, 0.15) is 33.8 Å². The molecule has 1 fully saturated rings. The van der Waals surface area contributed by atoms with Gasteiger partial charge in [0.05, 0.1) is 0 Å². The minimum absolute atomic E-state index is 0.108. The largest absolute Gasteiger partial charge is 0.477 e. The minimum Gasteiger partial charge on any atom is -0.477 e. The number of likely N-dealkylation sites (N-methyl/N-ethyl adjacent to an activating group) is 1. The van der Waals surface area contributed by atoms with E-state index in [1.165, 1.54) is 25.0 Å². The van der Waals surface area contributed by atoms with Gasteiger partial charge in [0.2, 0.25) is 0 Å². The molecule has 0 unspecified atom stereocenters. The Balaban J connectivity index is 1.95. The number of hydrogen-bond acceptors (Lipinski definition) is 4. The molecule has 1 aliphatic heterocycles. The molecule has 1 amide bonds. The number of aromatic carboxylic acids is 1. The standard InChI is InChI=1S/C14H19N3O3/c1-16(9-10-17-7-2-3-8-17)13(18)11-5-4-6-12(15-11)14(19)20/h4-6H,2-3,7-10H2,1H3,(H,19,20). The van der Waals surface area contributed by atoms with Gasteiger partial charge in [0.25, 0.3) is 5.91 Å². The fourth-order valence-electron chi connectivity index (χ4n) is 2.27. The SMILES string of the molecule is CN(CCN1CCCC1)C(=O)c1cccc(C(=O)O)n1. The molecule has 1 aromatic rings. The molecule has 6 heteroatoms. The van der Waals surface area contributed by atoms with Crippen molar-refractivity contribution in [1.82, 2.24) is 14.8 Å². The van der Waals surface area contributed by atoms with Crippen LogP contribution >= 0.6 is 0 Å². The summed E-state index contributed by atoms with van der Waals surface area (Å²) in [4.78, 5) is 30.8. The Morgan fingerprint density at radius 1 is 1.30 bits per heavy atom. The Morgan fingerprint density at radius 3 is 2.60 bits per heavy atom. The van der Waals surface area contributed by atoms with E-state index in [-0.39, 0.29) is 17.3 Å². The molecule has 0 atom stereocenters. The number of likely N-dealkylation sites (tertiary alicyclic amines) is 1. The highest BCUT2D eigenvalue weighted by Crippen LogP contribution is 2.08. The molecule has 1 saturated heterocycles. The first kappa shape index (κ1) is 14.5. The average molecular weight is 277 g/mol. The first-order valence-electron chi connectivity index (χ1n) is 6.76. The van der Waals surface area contributed by atoms with Gasteiger partial charge in [0.15, 0.2) is 0 Å². The number of carbonyl (C=O) groups is 2. The van der Waals surface area contributed by atoms with Crippen LogP contribution < -0.4 is 0 Å². The number of pyridine rings is 1. The molecular weight excluding hydrogens is 258 g/mol.